The SMILES string of the molecule is O=C(NCC1(CO)CC1)NCC1(Cc2ccccc2)CCC1. The van der Waals surface area contributed by atoms with Gasteiger partial charge in [-0.25, -0.2) is 4.79 Å². The van der Waals surface area contributed by atoms with E-state index in [0.29, 0.717) is 6.54 Å². The molecule has 0 atom stereocenters. The summed E-state index contributed by atoms with van der Waals surface area (Å²) in [6.07, 6.45) is 6.69. The van der Waals surface area contributed by atoms with Crippen molar-refractivity contribution in [1.82, 2.24) is 10.6 Å². The van der Waals surface area contributed by atoms with Gasteiger partial charge in [0.1, 0.15) is 0 Å². The standard InChI is InChI=1S/C18H26N2O2/c21-14-18(9-10-18)13-20-16(22)19-12-17(7-4-8-17)11-15-5-2-1-3-6-15/h1-3,5-6,21H,4,7-14H2,(H2,19,20,22). The van der Waals surface area contributed by atoms with E-state index in [-0.39, 0.29) is 23.5 Å². The number of nitrogens with one attached hydrogen (secondary N) is 2. The summed E-state index contributed by atoms with van der Waals surface area (Å²) in [5.41, 5.74) is 1.55. The van der Waals surface area contributed by atoms with Crippen LogP contribution in [0.15, 0.2) is 30.3 Å². The van der Waals surface area contributed by atoms with Crippen molar-refractivity contribution in [2.45, 2.75) is 38.5 Å². The molecule has 2 fully saturated rings. The van der Waals surface area contributed by atoms with Crippen molar-refractivity contribution < 1.29 is 9.90 Å². The summed E-state index contributed by atoms with van der Waals surface area (Å²) in [7, 11) is 0. The zero-order valence-electron chi connectivity index (χ0n) is 13.1. The molecule has 4 nitrogen and oxygen atoms in total. The first-order valence-electron chi connectivity index (χ1n) is 8.32. The van der Waals surface area contributed by atoms with Crippen LogP contribution in [0.5, 0.6) is 0 Å². The number of aliphatic hydroxyl groups is 1. The summed E-state index contributed by atoms with van der Waals surface area (Å²) in [6.45, 7) is 1.49. The average Bonchev–Trinajstić information content (AvgIpc) is 3.29. The molecule has 2 aliphatic carbocycles. The monoisotopic (exact) mass is 302 g/mol. The number of hydrogen-bond donors (Lipinski definition) is 3. The molecule has 0 heterocycles. The Morgan fingerprint density at radius 1 is 1.00 bits per heavy atom. The van der Waals surface area contributed by atoms with Crippen LogP contribution in [0.1, 0.15) is 37.7 Å². The molecule has 22 heavy (non-hydrogen) atoms. The fourth-order valence-electron chi connectivity index (χ4n) is 3.29. The van der Waals surface area contributed by atoms with Crippen LogP contribution in [-0.4, -0.2) is 30.8 Å². The molecule has 1 aromatic carbocycles. The minimum atomic E-state index is -0.0981. The summed E-state index contributed by atoms with van der Waals surface area (Å²) in [5, 5.41) is 15.2. The Morgan fingerprint density at radius 2 is 1.64 bits per heavy atom. The highest BCUT2D eigenvalue weighted by atomic mass is 16.3. The molecule has 0 unspecified atom stereocenters. The molecular weight excluding hydrogens is 276 g/mol. The molecular formula is C18H26N2O2. The fraction of sp³-hybridized carbons (Fsp3) is 0.611. The molecule has 2 amide bonds. The third-order valence-corrected chi connectivity index (χ3v) is 5.38. The van der Waals surface area contributed by atoms with Gasteiger partial charge in [0, 0.05) is 18.5 Å². The van der Waals surface area contributed by atoms with Crippen molar-refractivity contribution in [1.29, 1.82) is 0 Å². The Bertz CT molecular complexity index is 507. The highest BCUT2D eigenvalue weighted by molar-refractivity contribution is 5.74. The first-order chi connectivity index (χ1) is 10.7. The van der Waals surface area contributed by atoms with Gasteiger partial charge in [0.25, 0.3) is 0 Å². The molecule has 3 N–H and O–H groups in total. The van der Waals surface area contributed by atoms with Crippen LogP contribution >= 0.6 is 0 Å². The Labute approximate surface area is 132 Å². The third-order valence-electron chi connectivity index (χ3n) is 5.38. The summed E-state index contributed by atoms with van der Waals surface area (Å²) in [6, 6.07) is 10.4. The molecule has 4 heteroatoms. The molecule has 0 saturated heterocycles. The predicted molar refractivity (Wildman–Crippen MR) is 86.6 cm³/mol. The summed E-state index contributed by atoms with van der Waals surface area (Å²) in [4.78, 5) is 12.0. The maximum absolute atomic E-state index is 12.0. The number of benzene rings is 1. The lowest BCUT2D eigenvalue weighted by Gasteiger charge is -2.42. The molecule has 0 bridgehead atoms. The van der Waals surface area contributed by atoms with Crippen molar-refractivity contribution in [3.63, 3.8) is 0 Å². The number of amides is 2. The Kier molecular flexibility index (Phi) is 4.39. The van der Waals surface area contributed by atoms with Gasteiger partial charge in [0.05, 0.1) is 6.61 Å². The third kappa shape index (κ3) is 3.61. The molecule has 2 saturated carbocycles. The van der Waals surface area contributed by atoms with E-state index in [1.165, 1.54) is 24.8 Å². The zero-order valence-corrected chi connectivity index (χ0v) is 13.1. The largest absolute Gasteiger partial charge is 0.396 e. The van der Waals surface area contributed by atoms with Gasteiger partial charge in [0.2, 0.25) is 0 Å². The molecule has 0 radical (unpaired) electrons. The molecule has 0 aliphatic heterocycles. The minimum Gasteiger partial charge on any atom is -0.396 e. The minimum absolute atomic E-state index is 0.0322. The number of carbonyl (C=O) groups excluding carboxylic acids is 1. The van der Waals surface area contributed by atoms with Crippen molar-refractivity contribution in [2.24, 2.45) is 10.8 Å². The molecule has 3 rings (SSSR count). The van der Waals surface area contributed by atoms with Crippen molar-refractivity contribution in [2.75, 3.05) is 19.7 Å². The van der Waals surface area contributed by atoms with Gasteiger partial charge in [-0.15, -0.1) is 0 Å². The number of urea groups is 1. The van der Waals surface area contributed by atoms with Gasteiger partial charge in [0.15, 0.2) is 0 Å². The summed E-state index contributed by atoms with van der Waals surface area (Å²) < 4.78 is 0. The predicted octanol–water partition coefficient (Wildman–Crippen LogP) is 2.47. The zero-order chi connectivity index (χ0) is 15.5. The second-order valence-corrected chi connectivity index (χ2v) is 7.21. The Balaban J connectivity index is 1.45. The van der Waals surface area contributed by atoms with E-state index in [9.17, 15) is 9.90 Å². The maximum atomic E-state index is 12.0. The lowest BCUT2D eigenvalue weighted by molar-refractivity contribution is 0.131. The van der Waals surface area contributed by atoms with Crippen molar-refractivity contribution in [3.8, 4) is 0 Å². The molecule has 120 valence electrons. The molecule has 0 aromatic heterocycles. The normalized spacial score (nSPS) is 20.8. The van der Waals surface area contributed by atoms with Gasteiger partial charge in [-0.05, 0) is 43.1 Å². The van der Waals surface area contributed by atoms with Crippen LogP contribution in [-0.2, 0) is 6.42 Å². The highest BCUT2D eigenvalue weighted by Gasteiger charge is 2.42. The number of hydrogen-bond acceptors (Lipinski definition) is 2. The van der Waals surface area contributed by atoms with Crippen LogP contribution in [0.25, 0.3) is 0 Å². The average molecular weight is 302 g/mol. The topological polar surface area (TPSA) is 61.4 Å². The van der Waals surface area contributed by atoms with E-state index in [0.717, 1.165) is 25.8 Å². The van der Waals surface area contributed by atoms with Crippen LogP contribution in [0.3, 0.4) is 0 Å². The van der Waals surface area contributed by atoms with Gasteiger partial charge < -0.3 is 15.7 Å². The lowest BCUT2D eigenvalue weighted by Crippen LogP contribution is -2.47. The Hall–Kier alpha value is -1.55. The molecule has 1 aromatic rings. The smallest absolute Gasteiger partial charge is 0.314 e. The van der Waals surface area contributed by atoms with Crippen LogP contribution in [0, 0.1) is 10.8 Å². The summed E-state index contributed by atoms with van der Waals surface area (Å²) >= 11 is 0. The maximum Gasteiger partial charge on any atom is 0.314 e. The number of aliphatic hydroxyl groups excluding tert-OH is 1. The highest BCUT2D eigenvalue weighted by Crippen LogP contribution is 2.44. The van der Waals surface area contributed by atoms with Gasteiger partial charge >= 0.3 is 6.03 Å². The second-order valence-electron chi connectivity index (χ2n) is 7.21. The van der Waals surface area contributed by atoms with E-state index >= 15 is 0 Å². The first-order valence-corrected chi connectivity index (χ1v) is 8.32. The van der Waals surface area contributed by atoms with Gasteiger partial charge in [-0.2, -0.15) is 0 Å². The van der Waals surface area contributed by atoms with Gasteiger partial charge in [-0.1, -0.05) is 36.8 Å². The van der Waals surface area contributed by atoms with E-state index < -0.39 is 0 Å². The van der Waals surface area contributed by atoms with Gasteiger partial charge in [-0.3, -0.25) is 0 Å². The lowest BCUT2D eigenvalue weighted by atomic mass is 9.65. The number of carbonyl (C=O) groups is 1. The van der Waals surface area contributed by atoms with Crippen molar-refractivity contribution >= 4 is 6.03 Å². The second kappa shape index (κ2) is 6.29. The van der Waals surface area contributed by atoms with E-state index in [1.807, 2.05) is 6.07 Å². The van der Waals surface area contributed by atoms with E-state index in [2.05, 4.69) is 34.9 Å². The first kappa shape index (κ1) is 15.3. The van der Waals surface area contributed by atoms with Crippen LogP contribution in [0.4, 0.5) is 4.79 Å². The van der Waals surface area contributed by atoms with Crippen LogP contribution in [0.2, 0.25) is 0 Å². The summed E-state index contributed by atoms with van der Waals surface area (Å²) in [5.74, 6) is 0. The van der Waals surface area contributed by atoms with Crippen LogP contribution < -0.4 is 10.6 Å². The van der Waals surface area contributed by atoms with E-state index in [1.54, 1.807) is 0 Å². The fourth-order valence-corrected chi connectivity index (χ4v) is 3.29. The molecule has 2 aliphatic rings. The van der Waals surface area contributed by atoms with Crippen molar-refractivity contribution in [3.05, 3.63) is 35.9 Å². The molecule has 0 spiro atoms. The number of rotatable bonds is 7. The quantitative estimate of drug-likeness (QED) is 0.724. The Morgan fingerprint density at radius 3 is 2.14 bits per heavy atom. The van der Waals surface area contributed by atoms with E-state index in [4.69, 9.17) is 0 Å².